The van der Waals surface area contributed by atoms with Crippen LogP contribution in [0.1, 0.15) is 30.5 Å². The van der Waals surface area contributed by atoms with Crippen molar-refractivity contribution in [2.45, 2.75) is 39.1 Å². The lowest BCUT2D eigenvalue weighted by molar-refractivity contribution is -0.119. The number of carbonyl (C=O) groups is 1. The molecule has 0 bridgehead atoms. The van der Waals surface area contributed by atoms with Crippen molar-refractivity contribution in [1.82, 2.24) is 5.32 Å². The van der Waals surface area contributed by atoms with Crippen molar-refractivity contribution in [3.8, 4) is 0 Å². The lowest BCUT2D eigenvalue weighted by atomic mass is 10.2. The van der Waals surface area contributed by atoms with E-state index in [1.807, 2.05) is 81.4 Å². The highest BCUT2D eigenvalue weighted by Crippen LogP contribution is 2.22. The quantitative estimate of drug-likeness (QED) is 0.337. The molecular weight excluding hydrogens is 447 g/mol. The number of rotatable bonds is 5. The van der Waals surface area contributed by atoms with E-state index in [2.05, 4.69) is 30.2 Å². The van der Waals surface area contributed by atoms with Gasteiger partial charge in [0.25, 0.3) is 0 Å². The van der Waals surface area contributed by atoms with Crippen molar-refractivity contribution in [1.29, 1.82) is 0 Å². The van der Waals surface area contributed by atoms with Crippen molar-refractivity contribution in [2.24, 2.45) is 0 Å². The van der Waals surface area contributed by atoms with Crippen molar-refractivity contribution in [3.05, 3.63) is 93.5 Å². The van der Waals surface area contributed by atoms with E-state index in [0.29, 0.717) is 16.6 Å². The fourth-order valence-electron chi connectivity index (χ4n) is 2.43. The van der Waals surface area contributed by atoms with E-state index in [4.69, 9.17) is 23.2 Å². The van der Waals surface area contributed by atoms with Crippen LogP contribution < -0.4 is 10.6 Å². The van der Waals surface area contributed by atoms with Gasteiger partial charge in [-0.25, -0.2) is 0 Å². The SMILES string of the molecule is CC.Cc1c(Cl)cccc1NCC(=O)NCc1cccc(Cl)c1.Cc1ccc(S)cc1. The molecule has 3 rings (SSSR count). The highest BCUT2D eigenvalue weighted by atomic mass is 35.5. The van der Waals surface area contributed by atoms with Gasteiger partial charge >= 0.3 is 0 Å². The molecule has 3 nitrogen and oxygen atoms in total. The van der Waals surface area contributed by atoms with Gasteiger partial charge in [0, 0.05) is 27.2 Å². The number of hydrogen-bond acceptors (Lipinski definition) is 3. The molecule has 3 aromatic carbocycles. The number of aryl methyl sites for hydroxylation is 1. The highest BCUT2D eigenvalue weighted by Gasteiger charge is 2.05. The molecule has 0 saturated heterocycles. The minimum atomic E-state index is -0.0886. The first kappa shape index (κ1) is 26.9. The molecule has 0 radical (unpaired) electrons. The summed E-state index contributed by atoms with van der Waals surface area (Å²) in [5, 5.41) is 7.26. The van der Waals surface area contributed by atoms with Crippen LogP contribution in [-0.4, -0.2) is 12.5 Å². The number of halogens is 2. The normalized spacial score (nSPS) is 9.52. The molecule has 0 aromatic heterocycles. The van der Waals surface area contributed by atoms with Crippen LogP contribution in [0.3, 0.4) is 0 Å². The highest BCUT2D eigenvalue weighted by molar-refractivity contribution is 7.80. The Morgan fingerprint density at radius 3 is 2.19 bits per heavy atom. The Morgan fingerprint density at radius 1 is 0.935 bits per heavy atom. The van der Waals surface area contributed by atoms with Gasteiger partial charge in [-0.2, -0.15) is 0 Å². The van der Waals surface area contributed by atoms with E-state index in [0.717, 1.165) is 21.7 Å². The zero-order valence-corrected chi connectivity index (χ0v) is 20.8. The number of carbonyl (C=O) groups excluding carboxylic acids is 1. The van der Waals surface area contributed by atoms with Crippen molar-refractivity contribution < 1.29 is 4.79 Å². The molecule has 0 saturated carbocycles. The first-order valence-electron chi connectivity index (χ1n) is 10.1. The van der Waals surface area contributed by atoms with Crippen molar-refractivity contribution in [2.75, 3.05) is 11.9 Å². The third-order valence-electron chi connectivity index (χ3n) is 4.12. The molecule has 0 aliphatic rings. The summed E-state index contributed by atoms with van der Waals surface area (Å²) < 4.78 is 0. The first-order chi connectivity index (χ1) is 14.8. The molecule has 0 unspecified atom stereocenters. The van der Waals surface area contributed by atoms with Crippen LogP contribution in [0.2, 0.25) is 10.0 Å². The molecule has 0 spiro atoms. The maximum Gasteiger partial charge on any atom is 0.239 e. The maximum absolute atomic E-state index is 11.8. The largest absolute Gasteiger partial charge is 0.376 e. The Morgan fingerprint density at radius 2 is 1.58 bits per heavy atom. The Balaban J connectivity index is 0.000000400. The molecule has 0 atom stereocenters. The second kappa shape index (κ2) is 14.8. The summed E-state index contributed by atoms with van der Waals surface area (Å²) >= 11 is 16.1. The molecule has 0 aliphatic heterocycles. The van der Waals surface area contributed by atoms with Crippen molar-refractivity contribution >= 4 is 47.4 Å². The van der Waals surface area contributed by atoms with Crippen LogP contribution >= 0.6 is 35.8 Å². The van der Waals surface area contributed by atoms with E-state index in [1.54, 1.807) is 6.07 Å². The van der Waals surface area contributed by atoms with Gasteiger partial charge in [-0.3, -0.25) is 4.79 Å². The van der Waals surface area contributed by atoms with Gasteiger partial charge in [0.1, 0.15) is 0 Å². The smallest absolute Gasteiger partial charge is 0.239 e. The molecule has 166 valence electrons. The summed E-state index contributed by atoms with van der Waals surface area (Å²) in [6, 6.07) is 21.0. The Bertz CT molecular complexity index is 926. The molecular formula is C25H30Cl2N2OS. The lowest BCUT2D eigenvalue weighted by Crippen LogP contribution is -2.29. The molecule has 3 aromatic rings. The minimum Gasteiger partial charge on any atom is -0.376 e. The zero-order chi connectivity index (χ0) is 23.2. The first-order valence-corrected chi connectivity index (χ1v) is 11.3. The summed E-state index contributed by atoms with van der Waals surface area (Å²) in [7, 11) is 0. The van der Waals surface area contributed by atoms with E-state index < -0.39 is 0 Å². The summed E-state index contributed by atoms with van der Waals surface area (Å²) in [6.07, 6.45) is 0. The van der Waals surface area contributed by atoms with Gasteiger partial charge in [0.2, 0.25) is 5.91 Å². The lowest BCUT2D eigenvalue weighted by Gasteiger charge is -2.11. The Labute approximate surface area is 201 Å². The minimum absolute atomic E-state index is 0.0886. The number of amides is 1. The number of nitrogens with one attached hydrogen (secondary N) is 2. The van der Waals surface area contributed by atoms with Crippen LogP contribution in [-0.2, 0) is 11.3 Å². The third-order valence-corrected chi connectivity index (χ3v) is 5.06. The number of hydrogen-bond donors (Lipinski definition) is 3. The van der Waals surface area contributed by atoms with Crippen LogP contribution in [0.15, 0.2) is 71.6 Å². The molecule has 1 amide bonds. The monoisotopic (exact) mass is 476 g/mol. The van der Waals surface area contributed by atoms with Crippen LogP contribution in [0.5, 0.6) is 0 Å². The van der Waals surface area contributed by atoms with Gasteiger partial charge < -0.3 is 10.6 Å². The standard InChI is InChI=1S/C16H16Cl2N2O.C7H8S.C2H6/c1-11-14(18)6-3-7-15(11)19-10-16(21)20-9-12-4-2-5-13(17)8-12;1-6-2-4-7(8)5-3-6;1-2/h2-8,19H,9-10H2,1H3,(H,20,21);2-5,8H,1H3;1-2H3. The van der Waals surface area contributed by atoms with Gasteiger partial charge in [-0.15, -0.1) is 12.6 Å². The summed E-state index contributed by atoms with van der Waals surface area (Å²) in [5.74, 6) is -0.0886. The van der Waals surface area contributed by atoms with Crippen LogP contribution in [0.25, 0.3) is 0 Å². The fraction of sp³-hybridized carbons (Fsp3) is 0.240. The Hall–Kier alpha value is -2.14. The second-order valence-corrected chi connectivity index (χ2v) is 7.87. The topological polar surface area (TPSA) is 41.1 Å². The van der Waals surface area contributed by atoms with Crippen LogP contribution in [0, 0.1) is 13.8 Å². The van der Waals surface area contributed by atoms with Gasteiger partial charge in [0.05, 0.1) is 6.54 Å². The zero-order valence-electron chi connectivity index (χ0n) is 18.4. The second-order valence-electron chi connectivity index (χ2n) is 6.51. The van der Waals surface area contributed by atoms with Gasteiger partial charge in [-0.05, 0) is 61.4 Å². The molecule has 0 heterocycles. The molecule has 31 heavy (non-hydrogen) atoms. The van der Waals surface area contributed by atoms with E-state index >= 15 is 0 Å². The molecule has 0 aliphatic carbocycles. The Kier molecular flexibility index (Phi) is 12.8. The van der Waals surface area contributed by atoms with Crippen LogP contribution in [0.4, 0.5) is 5.69 Å². The summed E-state index contributed by atoms with van der Waals surface area (Å²) in [4.78, 5) is 12.9. The maximum atomic E-state index is 11.8. The molecule has 6 heteroatoms. The van der Waals surface area contributed by atoms with E-state index in [-0.39, 0.29) is 12.5 Å². The average molecular weight is 478 g/mol. The van der Waals surface area contributed by atoms with E-state index in [1.165, 1.54) is 5.56 Å². The third kappa shape index (κ3) is 10.6. The van der Waals surface area contributed by atoms with Gasteiger partial charge in [0.15, 0.2) is 0 Å². The molecule has 2 N–H and O–H groups in total. The van der Waals surface area contributed by atoms with Gasteiger partial charge in [-0.1, -0.05) is 72.9 Å². The fourth-order valence-corrected chi connectivity index (χ4v) is 2.97. The summed E-state index contributed by atoms with van der Waals surface area (Å²) in [5.41, 5.74) is 4.04. The summed E-state index contributed by atoms with van der Waals surface area (Å²) in [6.45, 7) is 8.62. The predicted molar refractivity (Wildman–Crippen MR) is 138 cm³/mol. The number of benzene rings is 3. The number of thiol groups is 1. The molecule has 0 fully saturated rings. The predicted octanol–water partition coefficient (Wildman–Crippen LogP) is 7.34. The van der Waals surface area contributed by atoms with E-state index in [9.17, 15) is 4.79 Å². The average Bonchev–Trinajstić information content (AvgIpc) is 2.77. The number of anilines is 1. The van der Waals surface area contributed by atoms with Crippen molar-refractivity contribution in [3.63, 3.8) is 0 Å².